The quantitative estimate of drug-likeness (QED) is 0.656. The molecule has 2 N–H and O–H groups in total. The zero-order valence-electron chi connectivity index (χ0n) is 14.2. The third-order valence-corrected chi connectivity index (χ3v) is 6.47. The van der Waals surface area contributed by atoms with Crippen LogP contribution in [0.25, 0.3) is 0 Å². The molecule has 1 heterocycles. The number of nitrogens with one attached hydrogen (secondary N) is 1. The van der Waals surface area contributed by atoms with Gasteiger partial charge in [-0.25, -0.2) is 8.78 Å². The van der Waals surface area contributed by atoms with E-state index in [0.29, 0.717) is 16.4 Å². The smallest absolute Gasteiger partial charge is 0.254 e. The molecular formula is C18H19F2IN2O3. The molecule has 2 saturated carbocycles. The van der Waals surface area contributed by atoms with Crippen molar-refractivity contribution < 1.29 is 23.5 Å². The van der Waals surface area contributed by atoms with Crippen molar-refractivity contribution in [1.29, 1.82) is 0 Å². The summed E-state index contributed by atoms with van der Waals surface area (Å²) in [4.78, 5) is 26.3. The van der Waals surface area contributed by atoms with Crippen LogP contribution in [-0.2, 0) is 10.2 Å². The zero-order valence-corrected chi connectivity index (χ0v) is 16.3. The maximum atomic E-state index is 14.6. The minimum atomic E-state index is -1.21. The Hall–Kier alpha value is -1.29. The van der Waals surface area contributed by atoms with Crippen LogP contribution in [0.4, 0.5) is 8.78 Å². The molecule has 5 nitrogen and oxygen atoms in total. The fourth-order valence-corrected chi connectivity index (χ4v) is 4.69. The van der Waals surface area contributed by atoms with Gasteiger partial charge in [-0.2, -0.15) is 0 Å². The summed E-state index contributed by atoms with van der Waals surface area (Å²) < 4.78 is 29.2. The van der Waals surface area contributed by atoms with Gasteiger partial charge in [0.2, 0.25) is 5.91 Å². The number of aliphatic hydroxyl groups is 1. The summed E-state index contributed by atoms with van der Waals surface area (Å²) in [5, 5.41) is 12.5. The first-order valence-corrected chi connectivity index (χ1v) is 9.64. The molecule has 1 spiro atoms. The standard InChI is InChI=1S/C18H19F2IN2O3/c1-17(26)4-9(5-17)22-13(24)7-23-8-18(6-12(18)19)14-10(16(23)25)2-3-11(21)15(14)20/h2-3,9,12,26H,4-8H2,1H3,(H,22,24)/t9?,12-,17?,18-/m0/s1. The van der Waals surface area contributed by atoms with E-state index in [1.807, 2.05) is 22.6 Å². The summed E-state index contributed by atoms with van der Waals surface area (Å²) in [6, 6.07) is 2.89. The van der Waals surface area contributed by atoms with E-state index < -0.39 is 28.9 Å². The van der Waals surface area contributed by atoms with Gasteiger partial charge in [0.25, 0.3) is 5.91 Å². The molecule has 4 rings (SSSR count). The lowest BCUT2D eigenvalue weighted by Gasteiger charge is -2.41. The van der Waals surface area contributed by atoms with Gasteiger partial charge in [-0.3, -0.25) is 9.59 Å². The number of halogens is 3. The lowest BCUT2D eigenvalue weighted by atomic mass is 9.77. The molecule has 0 unspecified atom stereocenters. The average Bonchev–Trinajstić information content (AvgIpc) is 3.15. The number of alkyl halides is 1. The minimum Gasteiger partial charge on any atom is -0.390 e. The molecule has 0 bridgehead atoms. The number of rotatable bonds is 3. The minimum absolute atomic E-state index is 0.00676. The van der Waals surface area contributed by atoms with Crippen molar-refractivity contribution in [3.63, 3.8) is 0 Å². The van der Waals surface area contributed by atoms with E-state index in [2.05, 4.69) is 5.32 Å². The van der Waals surface area contributed by atoms with Gasteiger partial charge < -0.3 is 15.3 Å². The average molecular weight is 476 g/mol. The summed E-state index contributed by atoms with van der Waals surface area (Å²) in [6.45, 7) is 1.51. The monoisotopic (exact) mass is 476 g/mol. The summed E-state index contributed by atoms with van der Waals surface area (Å²) in [5.41, 5.74) is -1.48. The van der Waals surface area contributed by atoms with E-state index in [-0.39, 0.29) is 42.6 Å². The first-order valence-electron chi connectivity index (χ1n) is 8.56. The van der Waals surface area contributed by atoms with Gasteiger partial charge in [-0.15, -0.1) is 0 Å². The second kappa shape index (κ2) is 5.85. The summed E-state index contributed by atoms with van der Waals surface area (Å²) in [7, 11) is 0. The highest BCUT2D eigenvalue weighted by molar-refractivity contribution is 14.1. The fourth-order valence-electron chi connectivity index (χ4n) is 4.24. The van der Waals surface area contributed by atoms with Crippen LogP contribution in [0.1, 0.15) is 42.1 Å². The number of carbonyl (C=O) groups excluding carboxylic acids is 2. The number of benzene rings is 1. The largest absolute Gasteiger partial charge is 0.390 e. The third kappa shape index (κ3) is 2.81. The Bertz CT molecular complexity index is 808. The van der Waals surface area contributed by atoms with Crippen LogP contribution in [0.2, 0.25) is 0 Å². The highest BCUT2D eigenvalue weighted by Gasteiger charge is 2.62. The van der Waals surface area contributed by atoms with Gasteiger partial charge in [0.15, 0.2) is 0 Å². The number of fused-ring (bicyclic) bond motifs is 2. The highest BCUT2D eigenvalue weighted by Crippen LogP contribution is 2.55. The first kappa shape index (κ1) is 18.1. The maximum Gasteiger partial charge on any atom is 0.254 e. The lowest BCUT2D eigenvalue weighted by Crippen LogP contribution is -2.56. The normalized spacial score (nSPS) is 35.1. The Morgan fingerprint density at radius 3 is 2.65 bits per heavy atom. The van der Waals surface area contributed by atoms with Gasteiger partial charge in [-0.05, 0) is 60.9 Å². The van der Waals surface area contributed by atoms with Crippen molar-refractivity contribution >= 4 is 34.4 Å². The van der Waals surface area contributed by atoms with Crippen molar-refractivity contribution in [2.45, 2.75) is 49.4 Å². The van der Waals surface area contributed by atoms with Crippen LogP contribution >= 0.6 is 22.6 Å². The van der Waals surface area contributed by atoms with E-state index in [1.54, 1.807) is 6.92 Å². The molecule has 2 amide bonds. The van der Waals surface area contributed by atoms with E-state index in [9.17, 15) is 23.5 Å². The summed E-state index contributed by atoms with van der Waals surface area (Å²) in [5.74, 6) is -1.33. The number of amides is 2. The third-order valence-electron chi connectivity index (χ3n) is 5.64. The molecule has 3 aliphatic rings. The molecule has 140 valence electrons. The van der Waals surface area contributed by atoms with E-state index in [4.69, 9.17) is 0 Å². The van der Waals surface area contributed by atoms with Gasteiger partial charge in [0.1, 0.15) is 12.0 Å². The second-order valence-corrected chi connectivity index (χ2v) is 9.10. The lowest BCUT2D eigenvalue weighted by molar-refractivity contribution is -0.125. The molecule has 2 aliphatic carbocycles. The maximum absolute atomic E-state index is 14.6. The molecule has 1 aromatic carbocycles. The van der Waals surface area contributed by atoms with Crippen LogP contribution in [0.3, 0.4) is 0 Å². The molecule has 0 radical (unpaired) electrons. The van der Waals surface area contributed by atoms with Gasteiger partial charge in [0.05, 0.1) is 17.6 Å². The molecule has 2 atom stereocenters. The molecular weight excluding hydrogens is 457 g/mol. The van der Waals surface area contributed by atoms with Crippen molar-refractivity contribution in [3.05, 3.63) is 32.6 Å². The number of hydrogen-bond acceptors (Lipinski definition) is 3. The molecule has 0 aromatic heterocycles. The molecule has 0 saturated heterocycles. The van der Waals surface area contributed by atoms with E-state index in [1.165, 1.54) is 17.0 Å². The zero-order chi connectivity index (χ0) is 18.9. The van der Waals surface area contributed by atoms with E-state index in [0.717, 1.165) is 0 Å². The first-order chi connectivity index (χ1) is 12.1. The van der Waals surface area contributed by atoms with Crippen LogP contribution < -0.4 is 5.32 Å². The Balaban J connectivity index is 1.53. The van der Waals surface area contributed by atoms with Crippen LogP contribution in [0.15, 0.2) is 12.1 Å². The highest BCUT2D eigenvalue weighted by atomic mass is 127. The topological polar surface area (TPSA) is 69.6 Å². The number of hydrogen-bond donors (Lipinski definition) is 2. The molecule has 1 aromatic rings. The SMILES string of the molecule is CC1(O)CC(NC(=O)CN2C[C@]3(C[C@@H]3F)c3c(ccc(I)c3F)C2=O)C1. The van der Waals surface area contributed by atoms with Gasteiger partial charge in [-0.1, -0.05) is 0 Å². The summed E-state index contributed by atoms with van der Waals surface area (Å²) in [6.07, 6.45) is -0.117. The van der Waals surface area contributed by atoms with Crippen molar-refractivity contribution in [2.24, 2.45) is 0 Å². The molecule has 1 aliphatic heterocycles. The predicted molar refractivity (Wildman–Crippen MR) is 98.0 cm³/mol. The fraction of sp³-hybridized carbons (Fsp3) is 0.556. The van der Waals surface area contributed by atoms with Crippen LogP contribution in [-0.4, -0.2) is 52.7 Å². The van der Waals surface area contributed by atoms with Crippen LogP contribution in [0.5, 0.6) is 0 Å². The molecule has 26 heavy (non-hydrogen) atoms. The second-order valence-electron chi connectivity index (χ2n) is 7.94. The van der Waals surface area contributed by atoms with Crippen LogP contribution in [0, 0.1) is 9.39 Å². The number of nitrogens with zero attached hydrogens (tertiary/aromatic N) is 1. The Morgan fingerprint density at radius 2 is 2.08 bits per heavy atom. The van der Waals surface area contributed by atoms with Gasteiger partial charge in [0, 0.05) is 27.3 Å². The molecule has 8 heteroatoms. The van der Waals surface area contributed by atoms with Gasteiger partial charge >= 0.3 is 0 Å². The van der Waals surface area contributed by atoms with Crippen molar-refractivity contribution in [3.8, 4) is 0 Å². The van der Waals surface area contributed by atoms with Crippen molar-refractivity contribution in [1.82, 2.24) is 10.2 Å². The molecule has 2 fully saturated rings. The predicted octanol–water partition coefficient (Wildman–Crippen LogP) is 1.90. The summed E-state index contributed by atoms with van der Waals surface area (Å²) >= 11 is 1.83. The van der Waals surface area contributed by atoms with E-state index >= 15 is 0 Å². The number of carbonyl (C=O) groups is 2. The Morgan fingerprint density at radius 1 is 1.42 bits per heavy atom. The van der Waals surface area contributed by atoms with Crippen molar-refractivity contribution in [2.75, 3.05) is 13.1 Å². The Labute approximate surface area is 163 Å². The Kier molecular flexibility index (Phi) is 4.07.